The molecule has 33 heavy (non-hydrogen) atoms. The fourth-order valence-corrected chi connectivity index (χ4v) is 5.63. The molecule has 0 bridgehead atoms. The van der Waals surface area contributed by atoms with Crippen LogP contribution in [0, 0.1) is 6.92 Å². The maximum atomic E-state index is 2.40. The van der Waals surface area contributed by atoms with Gasteiger partial charge in [0.15, 0.2) is 0 Å². The van der Waals surface area contributed by atoms with Crippen molar-refractivity contribution in [3.8, 4) is 11.1 Å². The van der Waals surface area contributed by atoms with E-state index in [9.17, 15) is 0 Å². The summed E-state index contributed by atoms with van der Waals surface area (Å²) in [4.78, 5) is 0. The molecule has 0 unspecified atom stereocenters. The van der Waals surface area contributed by atoms with Gasteiger partial charge in [-0.05, 0) is 78.0 Å². The molecule has 0 heteroatoms. The lowest BCUT2D eigenvalue weighted by molar-refractivity contribution is 1.47. The average molecular weight is 419 g/mol. The molecule has 0 aliphatic rings. The van der Waals surface area contributed by atoms with Crippen LogP contribution in [0.25, 0.3) is 65.0 Å². The van der Waals surface area contributed by atoms with E-state index in [2.05, 4.69) is 122 Å². The van der Waals surface area contributed by atoms with Crippen LogP contribution in [0.15, 0.2) is 115 Å². The molecule has 0 aliphatic carbocycles. The standard InChI is InChI=1S/C33H22/c1-21-9-8-10-22(19-21)23-17-18-27-26-13-4-6-15-29(26)32-28-14-5-2-11-24(28)25-12-3-7-16-30(25)33(32)31(27)20-23/h2-20H,1H3. The van der Waals surface area contributed by atoms with Gasteiger partial charge in [-0.2, -0.15) is 0 Å². The Bertz CT molecular complexity index is 1860. The van der Waals surface area contributed by atoms with Gasteiger partial charge in [0.25, 0.3) is 0 Å². The highest BCUT2D eigenvalue weighted by atomic mass is 14.2. The number of benzene rings is 7. The van der Waals surface area contributed by atoms with Gasteiger partial charge in [-0.1, -0.05) is 115 Å². The Hall–Kier alpha value is -4.16. The molecule has 0 nitrogen and oxygen atoms in total. The van der Waals surface area contributed by atoms with Crippen LogP contribution in [0.2, 0.25) is 0 Å². The van der Waals surface area contributed by atoms with Crippen molar-refractivity contribution in [3.63, 3.8) is 0 Å². The van der Waals surface area contributed by atoms with Crippen LogP contribution in [-0.2, 0) is 0 Å². The molecule has 7 aromatic rings. The first-order valence-electron chi connectivity index (χ1n) is 11.5. The number of hydrogen-bond acceptors (Lipinski definition) is 0. The summed E-state index contributed by atoms with van der Waals surface area (Å²) in [6.07, 6.45) is 0. The Labute approximate surface area is 192 Å². The number of aryl methyl sites for hydroxylation is 1. The number of hydrogen-bond donors (Lipinski definition) is 0. The predicted molar refractivity (Wildman–Crippen MR) is 144 cm³/mol. The van der Waals surface area contributed by atoms with E-state index < -0.39 is 0 Å². The van der Waals surface area contributed by atoms with Crippen LogP contribution >= 0.6 is 0 Å². The summed E-state index contributed by atoms with van der Waals surface area (Å²) in [6.45, 7) is 2.16. The van der Waals surface area contributed by atoms with Gasteiger partial charge in [-0.15, -0.1) is 0 Å². The fourth-order valence-electron chi connectivity index (χ4n) is 5.63. The van der Waals surface area contributed by atoms with Gasteiger partial charge < -0.3 is 0 Å². The van der Waals surface area contributed by atoms with Crippen LogP contribution in [0.1, 0.15) is 5.56 Å². The van der Waals surface area contributed by atoms with Gasteiger partial charge in [0.1, 0.15) is 0 Å². The Balaban J connectivity index is 1.79. The Morgan fingerprint density at radius 2 is 0.788 bits per heavy atom. The van der Waals surface area contributed by atoms with Gasteiger partial charge >= 0.3 is 0 Å². The molecule has 0 heterocycles. The Morgan fingerprint density at radius 3 is 1.33 bits per heavy atom. The van der Waals surface area contributed by atoms with Crippen molar-refractivity contribution in [2.45, 2.75) is 6.92 Å². The minimum Gasteiger partial charge on any atom is -0.0616 e. The van der Waals surface area contributed by atoms with E-state index >= 15 is 0 Å². The molecule has 0 radical (unpaired) electrons. The van der Waals surface area contributed by atoms with Crippen molar-refractivity contribution < 1.29 is 0 Å². The van der Waals surface area contributed by atoms with E-state index in [1.165, 1.54) is 70.6 Å². The lowest BCUT2D eigenvalue weighted by Crippen LogP contribution is -1.89. The second-order valence-corrected chi connectivity index (χ2v) is 9.02. The SMILES string of the molecule is Cc1cccc(-c2ccc3c4ccccc4c4c5ccccc5c5ccccc5c4c3c2)c1. The lowest BCUT2D eigenvalue weighted by atomic mass is 9.86. The summed E-state index contributed by atoms with van der Waals surface area (Å²) < 4.78 is 0. The normalized spacial score (nSPS) is 11.8. The topological polar surface area (TPSA) is 0 Å². The second kappa shape index (κ2) is 6.92. The predicted octanol–water partition coefficient (Wildman–Crippen LogP) is 9.43. The molecule has 7 rings (SSSR count). The molecule has 0 aromatic heterocycles. The molecule has 0 atom stereocenters. The van der Waals surface area contributed by atoms with Crippen molar-refractivity contribution >= 4 is 53.9 Å². The Morgan fingerprint density at radius 1 is 0.333 bits per heavy atom. The molecule has 7 aromatic carbocycles. The first-order chi connectivity index (χ1) is 16.3. The van der Waals surface area contributed by atoms with Gasteiger partial charge in [-0.25, -0.2) is 0 Å². The maximum absolute atomic E-state index is 2.40. The maximum Gasteiger partial charge on any atom is -0.00137 e. The average Bonchev–Trinajstić information content (AvgIpc) is 2.88. The van der Waals surface area contributed by atoms with Crippen LogP contribution in [0.3, 0.4) is 0 Å². The number of rotatable bonds is 1. The molecular weight excluding hydrogens is 396 g/mol. The lowest BCUT2D eigenvalue weighted by Gasteiger charge is -2.17. The largest absolute Gasteiger partial charge is 0.0616 e. The zero-order valence-corrected chi connectivity index (χ0v) is 18.5. The highest BCUT2D eigenvalue weighted by molar-refractivity contribution is 6.39. The van der Waals surface area contributed by atoms with Crippen molar-refractivity contribution in [1.82, 2.24) is 0 Å². The van der Waals surface area contributed by atoms with Gasteiger partial charge in [0.2, 0.25) is 0 Å². The summed E-state index contributed by atoms with van der Waals surface area (Å²) in [5.41, 5.74) is 3.82. The Kier molecular flexibility index (Phi) is 3.86. The smallest absolute Gasteiger partial charge is 0.00137 e. The van der Waals surface area contributed by atoms with Crippen molar-refractivity contribution in [1.29, 1.82) is 0 Å². The summed E-state index contributed by atoms with van der Waals surface area (Å²) in [6, 6.07) is 42.4. The van der Waals surface area contributed by atoms with Crippen LogP contribution in [0.4, 0.5) is 0 Å². The molecule has 0 saturated heterocycles. The van der Waals surface area contributed by atoms with Gasteiger partial charge in [0, 0.05) is 0 Å². The molecule has 0 saturated carbocycles. The summed E-state index contributed by atoms with van der Waals surface area (Å²) in [5.74, 6) is 0. The third-order valence-corrected chi connectivity index (χ3v) is 7.06. The highest BCUT2D eigenvalue weighted by Gasteiger charge is 2.16. The molecule has 0 amide bonds. The van der Waals surface area contributed by atoms with E-state index in [0.29, 0.717) is 0 Å². The quantitative estimate of drug-likeness (QED) is 0.233. The third-order valence-electron chi connectivity index (χ3n) is 7.06. The summed E-state index contributed by atoms with van der Waals surface area (Å²) >= 11 is 0. The molecule has 154 valence electrons. The van der Waals surface area contributed by atoms with E-state index in [-0.39, 0.29) is 0 Å². The van der Waals surface area contributed by atoms with Crippen molar-refractivity contribution in [2.75, 3.05) is 0 Å². The van der Waals surface area contributed by atoms with Gasteiger partial charge in [-0.3, -0.25) is 0 Å². The van der Waals surface area contributed by atoms with Crippen molar-refractivity contribution in [3.05, 3.63) is 121 Å². The van der Waals surface area contributed by atoms with Gasteiger partial charge in [0.05, 0.1) is 0 Å². The third kappa shape index (κ3) is 2.64. The zero-order valence-electron chi connectivity index (χ0n) is 18.5. The molecular formula is C33H22. The minimum atomic E-state index is 1.26. The van der Waals surface area contributed by atoms with Crippen molar-refractivity contribution in [2.24, 2.45) is 0 Å². The monoisotopic (exact) mass is 418 g/mol. The first-order valence-corrected chi connectivity index (χ1v) is 11.5. The molecule has 0 aliphatic heterocycles. The molecule has 0 N–H and O–H groups in total. The van der Waals surface area contributed by atoms with E-state index in [1.807, 2.05) is 0 Å². The number of fused-ring (bicyclic) bond motifs is 11. The van der Waals surface area contributed by atoms with Crippen LogP contribution in [0.5, 0.6) is 0 Å². The fraction of sp³-hybridized carbons (Fsp3) is 0.0303. The second-order valence-electron chi connectivity index (χ2n) is 9.02. The molecule has 0 fully saturated rings. The minimum absolute atomic E-state index is 1.26. The highest BCUT2D eigenvalue weighted by Crippen LogP contribution is 2.44. The zero-order chi connectivity index (χ0) is 21.9. The van der Waals surface area contributed by atoms with E-state index in [1.54, 1.807) is 0 Å². The van der Waals surface area contributed by atoms with Crippen LogP contribution in [-0.4, -0.2) is 0 Å². The van der Waals surface area contributed by atoms with E-state index in [0.717, 1.165) is 0 Å². The summed E-state index contributed by atoms with van der Waals surface area (Å²) in [7, 11) is 0. The summed E-state index contributed by atoms with van der Waals surface area (Å²) in [5, 5.41) is 13.3. The van der Waals surface area contributed by atoms with E-state index in [4.69, 9.17) is 0 Å². The first kappa shape index (κ1) is 18.4. The molecule has 0 spiro atoms. The van der Waals surface area contributed by atoms with Crippen LogP contribution < -0.4 is 0 Å².